The van der Waals surface area contributed by atoms with E-state index in [1.165, 1.54) is 48.0 Å². The molecule has 150 valence electrons. The van der Waals surface area contributed by atoms with Crippen LogP contribution in [0.2, 0.25) is 0 Å². The van der Waals surface area contributed by atoms with Crippen molar-refractivity contribution in [3.63, 3.8) is 0 Å². The molecule has 0 radical (unpaired) electrons. The molecule has 0 aliphatic carbocycles. The minimum absolute atomic E-state index is 0.165. The Hall–Kier alpha value is -4.00. The summed E-state index contributed by atoms with van der Waals surface area (Å²) < 4.78 is 33.9. The van der Waals surface area contributed by atoms with Crippen LogP contribution in [0.25, 0.3) is 28.1 Å². The van der Waals surface area contributed by atoms with Crippen LogP contribution >= 0.6 is 0 Å². The summed E-state index contributed by atoms with van der Waals surface area (Å²) in [6, 6.07) is 18.4. The van der Waals surface area contributed by atoms with E-state index in [4.69, 9.17) is 10.5 Å². The van der Waals surface area contributed by atoms with E-state index < -0.39 is 11.8 Å². The van der Waals surface area contributed by atoms with Crippen molar-refractivity contribution < 1.29 is 18.3 Å². The molecule has 0 unspecified atom stereocenters. The summed E-state index contributed by atoms with van der Waals surface area (Å²) >= 11 is 0. The van der Waals surface area contributed by atoms with Gasteiger partial charge in [0.1, 0.15) is 17.3 Å². The Balaban J connectivity index is 2.02. The Bertz CT molecular complexity index is 1200. The molecule has 1 aromatic heterocycles. The maximum atomic E-state index is 13.5. The summed E-state index contributed by atoms with van der Waals surface area (Å²) in [5, 5.41) is 4.63. The first-order chi connectivity index (χ1) is 14.4. The van der Waals surface area contributed by atoms with Gasteiger partial charge in [0.25, 0.3) is 0 Å². The third-order valence-corrected chi connectivity index (χ3v) is 4.47. The summed E-state index contributed by atoms with van der Waals surface area (Å²) in [6.45, 7) is 1.28. The Kier molecular flexibility index (Phi) is 5.02. The van der Waals surface area contributed by atoms with E-state index in [-0.39, 0.29) is 11.7 Å². The highest BCUT2D eigenvalue weighted by Gasteiger charge is 2.24. The molecule has 0 aliphatic rings. The molecule has 30 heavy (non-hydrogen) atoms. The van der Waals surface area contributed by atoms with Gasteiger partial charge in [-0.05, 0) is 66.2 Å². The van der Waals surface area contributed by atoms with Crippen LogP contribution in [-0.2, 0) is 4.79 Å². The number of hydrogen-bond acceptors (Lipinski definition) is 4. The topological polar surface area (TPSA) is 70.1 Å². The van der Waals surface area contributed by atoms with Gasteiger partial charge >= 0.3 is 5.97 Å². The number of carbonyl (C=O) groups excluding carboxylic acids is 1. The number of ether oxygens (including phenoxy) is 1. The number of halogens is 2. The van der Waals surface area contributed by atoms with Crippen LogP contribution in [0.4, 0.5) is 14.5 Å². The third kappa shape index (κ3) is 3.77. The van der Waals surface area contributed by atoms with Crippen LogP contribution in [0, 0.1) is 11.6 Å². The van der Waals surface area contributed by atoms with Gasteiger partial charge in [0, 0.05) is 18.2 Å². The van der Waals surface area contributed by atoms with Gasteiger partial charge in [-0.3, -0.25) is 4.79 Å². The largest absolute Gasteiger partial charge is 0.407 e. The highest BCUT2D eigenvalue weighted by molar-refractivity contribution is 5.87. The highest BCUT2D eigenvalue weighted by Crippen LogP contribution is 2.41. The Morgan fingerprint density at radius 3 is 1.97 bits per heavy atom. The van der Waals surface area contributed by atoms with Crippen LogP contribution in [0.15, 0.2) is 72.8 Å². The molecule has 4 aromatic rings. The summed E-state index contributed by atoms with van der Waals surface area (Å²) in [6.07, 6.45) is 0. The van der Waals surface area contributed by atoms with Gasteiger partial charge in [-0.1, -0.05) is 12.1 Å². The van der Waals surface area contributed by atoms with E-state index in [0.717, 1.165) is 0 Å². The second kappa shape index (κ2) is 7.79. The number of carbonyl (C=O) groups is 1. The number of nitrogens with two attached hydrogens (primary N) is 1. The SMILES string of the molecule is CC(=O)Oc1c(-c2ccc(N)cc2)c(-c2ccc(F)cc2)nn1-c1ccc(F)cc1. The zero-order valence-corrected chi connectivity index (χ0v) is 16.0. The number of nitrogen functional groups attached to an aromatic ring is 1. The van der Waals surface area contributed by atoms with Gasteiger partial charge in [0.2, 0.25) is 5.88 Å². The number of esters is 1. The van der Waals surface area contributed by atoms with E-state index in [1.807, 2.05) is 0 Å². The van der Waals surface area contributed by atoms with Crippen LogP contribution in [0.5, 0.6) is 5.88 Å². The summed E-state index contributed by atoms with van der Waals surface area (Å²) in [5.74, 6) is -1.16. The average molecular weight is 405 g/mol. The molecule has 4 rings (SSSR count). The lowest BCUT2D eigenvalue weighted by atomic mass is 10.0. The number of aromatic nitrogens is 2. The van der Waals surface area contributed by atoms with E-state index in [1.54, 1.807) is 36.4 Å². The fourth-order valence-corrected chi connectivity index (χ4v) is 3.11. The highest BCUT2D eigenvalue weighted by atomic mass is 19.1. The first-order valence-electron chi connectivity index (χ1n) is 9.11. The Morgan fingerprint density at radius 1 is 0.867 bits per heavy atom. The van der Waals surface area contributed by atoms with Gasteiger partial charge in [0.05, 0.1) is 11.3 Å². The maximum absolute atomic E-state index is 13.5. The molecular weight excluding hydrogens is 388 g/mol. The standard InChI is InChI=1S/C23H17F2N3O2/c1-14(29)30-23-21(15-4-10-19(26)11-5-15)22(16-2-6-17(24)7-3-16)27-28(23)20-12-8-18(25)9-13-20/h2-13H,26H2,1H3. The smallest absolute Gasteiger partial charge is 0.309 e. The average Bonchev–Trinajstić information content (AvgIpc) is 3.08. The first-order valence-corrected chi connectivity index (χ1v) is 9.11. The predicted molar refractivity (Wildman–Crippen MR) is 110 cm³/mol. The Morgan fingerprint density at radius 2 is 1.40 bits per heavy atom. The van der Waals surface area contributed by atoms with E-state index in [0.29, 0.717) is 33.8 Å². The monoisotopic (exact) mass is 405 g/mol. The van der Waals surface area contributed by atoms with Gasteiger partial charge in [-0.15, -0.1) is 0 Å². The van der Waals surface area contributed by atoms with Crippen molar-refractivity contribution in [3.05, 3.63) is 84.4 Å². The van der Waals surface area contributed by atoms with Crippen LogP contribution in [0.1, 0.15) is 6.92 Å². The molecule has 1 heterocycles. The molecule has 3 aromatic carbocycles. The normalized spacial score (nSPS) is 10.8. The lowest BCUT2D eigenvalue weighted by Crippen LogP contribution is -2.08. The van der Waals surface area contributed by atoms with Crippen molar-refractivity contribution in [2.75, 3.05) is 5.73 Å². The van der Waals surface area contributed by atoms with E-state index in [9.17, 15) is 13.6 Å². The predicted octanol–water partition coefficient (Wildman–Crippen LogP) is 4.99. The summed E-state index contributed by atoms with van der Waals surface area (Å²) in [5.41, 5.74) is 9.21. The lowest BCUT2D eigenvalue weighted by Gasteiger charge is -2.09. The van der Waals surface area contributed by atoms with Crippen LogP contribution in [0.3, 0.4) is 0 Å². The number of hydrogen-bond donors (Lipinski definition) is 1. The second-order valence-electron chi connectivity index (χ2n) is 6.64. The van der Waals surface area contributed by atoms with Gasteiger partial charge < -0.3 is 10.5 Å². The zero-order valence-electron chi connectivity index (χ0n) is 16.0. The molecule has 0 saturated carbocycles. The molecule has 7 heteroatoms. The molecule has 0 fully saturated rings. The molecule has 0 spiro atoms. The van der Waals surface area contributed by atoms with E-state index in [2.05, 4.69) is 5.10 Å². The molecule has 0 saturated heterocycles. The minimum Gasteiger partial charge on any atom is -0.407 e. The third-order valence-electron chi connectivity index (χ3n) is 4.47. The molecule has 2 N–H and O–H groups in total. The Labute approximate surface area is 171 Å². The van der Waals surface area contributed by atoms with Crippen molar-refractivity contribution in [1.29, 1.82) is 0 Å². The molecular formula is C23H17F2N3O2. The van der Waals surface area contributed by atoms with Crippen molar-refractivity contribution in [2.45, 2.75) is 6.92 Å². The van der Waals surface area contributed by atoms with Crippen LogP contribution < -0.4 is 10.5 Å². The quantitative estimate of drug-likeness (QED) is 0.384. The van der Waals surface area contributed by atoms with Crippen molar-refractivity contribution in [2.24, 2.45) is 0 Å². The summed E-state index contributed by atoms with van der Waals surface area (Å²) in [7, 11) is 0. The van der Waals surface area contributed by atoms with E-state index >= 15 is 0 Å². The fourth-order valence-electron chi connectivity index (χ4n) is 3.11. The van der Waals surface area contributed by atoms with Gasteiger partial charge in [-0.25, -0.2) is 8.78 Å². The zero-order chi connectivity index (χ0) is 21.3. The van der Waals surface area contributed by atoms with Gasteiger partial charge in [-0.2, -0.15) is 9.78 Å². The van der Waals surface area contributed by atoms with Gasteiger partial charge in [0.15, 0.2) is 0 Å². The number of nitrogens with zero attached hydrogens (tertiary/aromatic N) is 2. The lowest BCUT2D eigenvalue weighted by molar-refractivity contribution is -0.132. The maximum Gasteiger partial charge on any atom is 0.309 e. The number of anilines is 1. The summed E-state index contributed by atoms with van der Waals surface area (Å²) in [4.78, 5) is 11.9. The number of rotatable bonds is 4. The molecule has 0 amide bonds. The fraction of sp³-hybridized carbons (Fsp3) is 0.0435. The minimum atomic E-state index is -0.541. The van der Waals surface area contributed by atoms with Crippen molar-refractivity contribution in [3.8, 4) is 34.0 Å². The molecule has 0 aliphatic heterocycles. The molecule has 5 nitrogen and oxygen atoms in total. The number of benzene rings is 3. The molecule has 0 atom stereocenters. The van der Waals surface area contributed by atoms with Crippen LogP contribution in [-0.4, -0.2) is 15.7 Å². The first kappa shape index (κ1) is 19.3. The van der Waals surface area contributed by atoms with Crippen molar-refractivity contribution >= 4 is 11.7 Å². The molecule has 0 bridgehead atoms. The van der Waals surface area contributed by atoms with Crippen molar-refractivity contribution in [1.82, 2.24) is 9.78 Å². The second-order valence-corrected chi connectivity index (χ2v) is 6.64.